The fourth-order valence-corrected chi connectivity index (χ4v) is 6.20. The van der Waals surface area contributed by atoms with Crippen LogP contribution in [0.4, 0.5) is 0 Å². The Kier molecular flexibility index (Phi) is 36.8. The summed E-state index contributed by atoms with van der Waals surface area (Å²) >= 11 is 0. The van der Waals surface area contributed by atoms with E-state index in [1.165, 1.54) is 89.9 Å². The summed E-state index contributed by atoms with van der Waals surface area (Å²) in [4.78, 5) is 36.8. The van der Waals surface area contributed by atoms with Gasteiger partial charge in [-0.3, -0.25) is 9.59 Å². The van der Waals surface area contributed by atoms with Gasteiger partial charge in [0.05, 0.1) is 40.3 Å². The Bertz CT molecular complexity index is 1100. The summed E-state index contributed by atoms with van der Waals surface area (Å²) in [5.74, 6) is -1.85. The normalized spacial score (nSPS) is 13.5. The highest BCUT2D eigenvalue weighted by atomic mass is 16.6. The van der Waals surface area contributed by atoms with Crippen LogP contribution in [0.3, 0.4) is 0 Å². The lowest BCUT2D eigenvalue weighted by Crippen LogP contribution is -2.55. The van der Waals surface area contributed by atoms with Crippen LogP contribution in [-0.4, -0.2) is 75.5 Å². The molecule has 0 fully saturated rings. The minimum atomic E-state index is -1.14. The number of unbranched alkanes of at least 4 members (excludes halogenated alkanes) is 15. The zero-order valence-corrected chi connectivity index (χ0v) is 36.5. The van der Waals surface area contributed by atoms with Gasteiger partial charge in [0.2, 0.25) is 0 Å². The molecule has 2 atom stereocenters. The van der Waals surface area contributed by atoms with Crippen molar-refractivity contribution in [2.24, 2.45) is 0 Å². The second-order valence-electron chi connectivity index (χ2n) is 15.9. The van der Waals surface area contributed by atoms with Gasteiger partial charge in [0, 0.05) is 19.3 Å². The Morgan fingerprint density at radius 2 is 1.04 bits per heavy atom. The predicted octanol–water partition coefficient (Wildman–Crippen LogP) is 10.9. The van der Waals surface area contributed by atoms with E-state index in [2.05, 4.69) is 62.5 Å². The lowest BCUT2D eigenvalue weighted by molar-refractivity contribution is -0.889. The van der Waals surface area contributed by atoms with Crippen molar-refractivity contribution in [3.8, 4) is 0 Å². The highest BCUT2D eigenvalue weighted by Crippen LogP contribution is 2.14. The summed E-state index contributed by atoms with van der Waals surface area (Å²) in [7, 11) is 5.38. The molecule has 56 heavy (non-hydrogen) atoms. The first-order chi connectivity index (χ1) is 27.1. The van der Waals surface area contributed by atoms with E-state index in [4.69, 9.17) is 14.2 Å². The van der Waals surface area contributed by atoms with Gasteiger partial charge in [-0.2, -0.15) is 0 Å². The minimum Gasteiger partial charge on any atom is -0.544 e. The molecule has 0 saturated carbocycles. The maximum absolute atomic E-state index is 12.7. The van der Waals surface area contributed by atoms with E-state index in [-0.39, 0.29) is 43.1 Å². The van der Waals surface area contributed by atoms with Crippen LogP contribution in [0.25, 0.3) is 0 Å². The number of carboxylic acid groups (broad SMARTS) is 1. The number of quaternary nitrogens is 1. The molecule has 322 valence electrons. The van der Waals surface area contributed by atoms with E-state index < -0.39 is 24.1 Å². The molecule has 0 heterocycles. The van der Waals surface area contributed by atoms with Crippen molar-refractivity contribution in [3.63, 3.8) is 0 Å². The molecule has 0 spiro atoms. The van der Waals surface area contributed by atoms with Crippen LogP contribution in [0.15, 0.2) is 60.8 Å². The predicted molar refractivity (Wildman–Crippen MR) is 231 cm³/mol. The van der Waals surface area contributed by atoms with Crippen LogP contribution >= 0.6 is 0 Å². The standard InChI is InChI=1S/C48H83NO7/c1-6-8-10-12-14-16-18-20-21-22-23-24-25-27-28-30-32-34-36-38-46(50)55-43-44(42-54-41-40-45(48(52)53)49(3,4)5)56-47(51)39-37-35-33-31-29-26-19-17-15-13-11-9-7-2/h9,11,15,17,20-21,26,29,33,35,44-45H,6-8,10,12-14,16,18-19,22-25,27-28,30-32,34,36-43H2,1-5H3/b11-9-,17-15-,21-20-,29-26-,35-33-. The number of carboxylic acids is 1. The number of aliphatic carboxylic acids is 1. The van der Waals surface area contributed by atoms with E-state index in [1.54, 1.807) is 21.1 Å². The number of esters is 2. The van der Waals surface area contributed by atoms with Gasteiger partial charge in [-0.25, -0.2) is 0 Å². The summed E-state index contributed by atoms with van der Waals surface area (Å²) < 4.78 is 17.1. The van der Waals surface area contributed by atoms with Crippen molar-refractivity contribution in [3.05, 3.63) is 60.8 Å². The number of carbonyl (C=O) groups is 3. The maximum atomic E-state index is 12.7. The Balaban J connectivity index is 4.37. The average molecular weight is 786 g/mol. The number of rotatable bonds is 39. The lowest BCUT2D eigenvalue weighted by atomic mass is 10.1. The van der Waals surface area contributed by atoms with Crippen LogP contribution in [0.5, 0.6) is 0 Å². The molecule has 8 heteroatoms. The van der Waals surface area contributed by atoms with Crippen LogP contribution in [0, 0.1) is 0 Å². The summed E-state index contributed by atoms with van der Waals surface area (Å²) in [6.45, 7) is 4.46. The Morgan fingerprint density at radius 3 is 1.55 bits per heavy atom. The third-order valence-electron chi connectivity index (χ3n) is 9.65. The quantitative estimate of drug-likeness (QED) is 0.0265. The van der Waals surface area contributed by atoms with Crippen molar-refractivity contribution in [2.45, 2.75) is 187 Å². The smallest absolute Gasteiger partial charge is 0.306 e. The zero-order chi connectivity index (χ0) is 41.4. The summed E-state index contributed by atoms with van der Waals surface area (Å²) in [5.41, 5.74) is 0. The molecule has 0 aliphatic carbocycles. The van der Waals surface area contributed by atoms with Gasteiger partial charge < -0.3 is 28.6 Å². The van der Waals surface area contributed by atoms with Gasteiger partial charge in [0.25, 0.3) is 0 Å². The molecule has 0 aliphatic rings. The first-order valence-corrected chi connectivity index (χ1v) is 22.3. The number of likely N-dealkylation sites (N-methyl/N-ethyl adjacent to an activating group) is 1. The monoisotopic (exact) mass is 786 g/mol. The van der Waals surface area contributed by atoms with Crippen molar-refractivity contribution < 1.29 is 38.2 Å². The van der Waals surface area contributed by atoms with Crippen molar-refractivity contribution >= 4 is 17.9 Å². The zero-order valence-electron chi connectivity index (χ0n) is 36.5. The number of nitrogens with zero attached hydrogens (tertiary/aromatic N) is 1. The second-order valence-corrected chi connectivity index (χ2v) is 15.9. The number of ether oxygens (including phenoxy) is 3. The maximum Gasteiger partial charge on any atom is 0.306 e. The van der Waals surface area contributed by atoms with Crippen LogP contribution in [-0.2, 0) is 28.6 Å². The molecule has 0 aromatic rings. The van der Waals surface area contributed by atoms with E-state index in [0.717, 1.165) is 44.9 Å². The van der Waals surface area contributed by atoms with E-state index >= 15 is 0 Å². The summed E-state index contributed by atoms with van der Waals surface area (Å²) in [6.07, 6.45) is 47.0. The molecule has 8 nitrogen and oxygen atoms in total. The van der Waals surface area contributed by atoms with Gasteiger partial charge in [-0.15, -0.1) is 0 Å². The van der Waals surface area contributed by atoms with Gasteiger partial charge >= 0.3 is 11.9 Å². The van der Waals surface area contributed by atoms with E-state index in [9.17, 15) is 19.5 Å². The van der Waals surface area contributed by atoms with E-state index in [0.29, 0.717) is 12.8 Å². The van der Waals surface area contributed by atoms with Crippen molar-refractivity contribution in [2.75, 3.05) is 41.0 Å². The topological polar surface area (TPSA) is 102 Å². The summed E-state index contributed by atoms with van der Waals surface area (Å²) in [6, 6.07) is -0.739. The molecule has 0 amide bonds. The van der Waals surface area contributed by atoms with Gasteiger partial charge in [0.15, 0.2) is 6.10 Å². The molecule has 0 aromatic carbocycles. The third kappa shape index (κ3) is 36.7. The lowest BCUT2D eigenvalue weighted by Gasteiger charge is -2.34. The SMILES string of the molecule is CC/C=C\C/C=C\C/C=C\C/C=C\CCC(=O)OC(COCCC(C(=O)[O-])[N+](C)(C)C)COC(=O)CCCCCCCCCCC/C=C\CCCCCCCC. The van der Waals surface area contributed by atoms with Gasteiger partial charge in [-0.05, 0) is 64.2 Å². The molecule has 0 N–H and O–H groups in total. The molecule has 0 bridgehead atoms. The molecule has 0 saturated heterocycles. The number of hydrogen-bond donors (Lipinski definition) is 0. The third-order valence-corrected chi connectivity index (χ3v) is 9.65. The minimum absolute atomic E-state index is 0.00978. The molecule has 0 radical (unpaired) electrons. The van der Waals surface area contributed by atoms with Gasteiger partial charge in [-0.1, -0.05) is 152 Å². The Hall–Kier alpha value is -2.97. The second kappa shape index (κ2) is 38.9. The first kappa shape index (κ1) is 53.0. The van der Waals surface area contributed by atoms with Crippen molar-refractivity contribution in [1.29, 1.82) is 0 Å². The fraction of sp³-hybridized carbons (Fsp3) is 0.729. The molecule has 0 aliphatic heterocycles. The highest BCUT2D eigenvalue weighted by molar-refractivity contribution is 5.70. The van der Waals surface area contributed by atoms with Crippen molar-refractivity contribution in [1.82, 2.24) is 0 Å². The molecule has 0 aromatic heterocycles. The molecular weight excluding hydrogens is 703 g/mol. The summed E-state index contributed by atoms with van der Waals surface area (Å²) in [5, 5.41) is 11.6. The van der Waals surface area contributed by atoms with E-state index in [1.807, 2.05) is 12.2 Å². The number of hydrogen-bond acceptors (Lipinski definition) is 7. The Labute approximate surface area is 343 Å². The largest absolute Gasteiger partial charge is 0.544 e. The Morgan fingerprint density at radius 1 is 0.554 bits per heavy atom. The van der Waals surface area contributed by atoms with Gasteiger partial charge in [0.1, 0.15) is 12.6 Å². The van der Waals surface area contributed by atoms with Crippen LogP contribution in [0.1, 0.15) is 174 Å². The molecular formula is C48H83NO7. The number of allylic oxidation sites excluding steroid dienone is 10. The molecule has 0 rings (SSSR count). The van der Waals surface area contributed by atoms with Crippen LogP contribution in [0.2, 0.25) is 0 Å². The molecule has 2 unspecified atom stereocenters. The number of carbonyl (C=O) groups excluding carboxylic acids is 3. The van der Waals surface area contributed by atoms with Crippen LogP contribution < -0.4 is 5.11 Å². The average Bonchev–Trinajstić information content (AvgIpc) is 3.15. The first-order valence-electron chi connectivity index (χ1n) is 22.3. The fourth-order valence-electron chi connectivity index (χ4n) is 6.20. The highest BCUT2D eigenvalue weighted by Gasteiger charge is 2.25.